The van der Waals surface area contributed by atoms with Crippen molar-refractivity contribution in [3.05, 3.63) is 29.8 Å². The number of aliphatic hydroxyl groups is 1. The van der Waals surface area contributed by atoms with Crippen LogP contribution in [0.4, 0.5) is 0 Å². The minimum Gasteiger partial charge on any atom is -0.463 e. The quantitative estimate of drug-likeness (QED) is 0.200. The van der Waals surface area contributed by atoms with E-state index in [0.717, 1.165) is 17.9 Å². The van der Waals surface area contributed by atoms with E-state index in [1.165, 1.54) is 50.5 Å². The molecule has 1 aliphatic heterocycles. The van der Waals surface area contributed by atoms with Gasteiger partial charge in [-0.15, -0.1) is 0 Å². The third-order valence-electron chi connectivity index (χ3n) is 6.63. The van der Waals surface area contributed by atoms with E-state index in [9.17, 15) is 9.90 Å². The van der Waals surface area contributed by atoms with Gasteiger partial charge >= 0.3 is 0 Å². The molecule has 1 amide bonds. The van der Waals surface area contributed by atoms with E-state index < -0.39 is 12.0 Å². The first-order valence-electron chi connectivity index (χ1n) is 13.6. The van der Waals surface area contributed by atoms with E-state index >= 15 is 0 Å². The van der Waals surface area contributed by atoms with Crippen LogP contribution >= 0.6 is 0 Å². The van der Waals surface area contributed by atoms with Crippen molar-refractivity contribution in [1.82, 2.24) is 16.0 Å². The fraction of sp³-hybridized carbons (Fsp3) is 0.714. The number of hydrogen-bond acceptors (Lipinski definition) is 6. The molecule has 4 N–H and O–H groups in total. The van der Waals surface area contributed by atoms with Crippen molar-refractivity contribution in [2.75, 3.05) is 6.54 Å². The second kappa shape index (κ2) is 15.2. The second-order valence-corrected chi connectivity index (χ2v) is 9.96. The third-order valence-corrected chi connectivity index (χ3v) is 6.63. The molecule has 1 aromatic carbocycles. The van der Waals surface area contributed by atoms with Gasteiger partial charge < -0.3 is 15.2 Å². The zero-order valence-electron chi connectivity index (χ0n) is 22.5. The van der Waals surface area contributed by atoms with Crippen molar-refractivity contribution >= 4 is 11.6 Å². The Hall–Kier alpha value is -1.96. The normalized spacial score (nSPS) is 21.0. The van der Waals surface area contributed by atoms with Gasteiger partial charge in [0.25, 0.3) is 0 Å². The molecule has 0 radical (unpaired) electrons. The lowest BCUT2D eigenvalue weighted by Crippen LogP contribution is -2.61. The molecule has 0 fully saturated rings. The molecule has 7 nitrogen and oxygen atoms in total. The average Bonchev–Trinajstić information content (AvgIpc) is 2.97. The zero-order chi connectivity index (χ0) is 25.7. The van der Waals surface area contributed by atoms with Crippen LogP contribution in [-0.2, 0) is 11.2 Å². The van der Waals surface area contributed by atoms with Gasteiger partial charge in [-0.2, -0.15) is 0 Å². The summed E-state index contributed by atoms with van der Waals surface area (Å²) >= 11 is 0. The molecule has 35 heavy (non-hydrogen) atoms. The average molecular weight is 489 g/mol. The Labute approximate surface area is 212 Å². The molecule has 0 saturated carbocycles. The molecule has 0 aliphatic carbocycles. The number of nitrogens with one attached hydrogen (secondary N) is 3. The van der Waals surface area contributed by atoms with Crippen LogP contribution in [0.1, 0.15) is 98.0 Å². The summed E-state index contributed by atoms with van der Waals surface area (Å²) in [5.74, 6) is 0.672. The monoisotopic (exact) mass is 488 g/mol. The van der Waals surface area contributed by atoms with Crippen molar-refractivity contribution in [2.24, 2.45) is 4.99 Å². The lowest BCUT2D eigenvalue weighted by molar-refractivity contribution is -0.120. The summed E-state index contributed by atoms with van der Waals surface area (Å²) in [4.78, 5) is 17.1. The molecule has 0 spiro atoms. The number of ether oxygens (including phenoxy) is 1. The lowest BCUT2D eigenvalue weighted by atomic mass is 10.0. The van der Waals surface area contributed by atoms with Gasteiger partial charge in [0.2, 0.25) is 11.6 Å². The maximum absolute atomic E-state index is 12.2. The van der Waals surface area contributed by atoms with Crippen LogP contribution in [0.15, 0.2) is 29.3 Å². The summed E-state index contributed by atoms with van der Waals surface area (Å²) in [6.45, 7) is 10.3. The standard InChI is InChI=1S/C28H48N4O3/c1-6-8-9-10-11-12-13-14-24-15-17-25(18-16-24)35-28(20-29-27(34)19-21(3)32-28)22(4)30-23(5)31-26(33)7-2/h15-18,22-23,26,30-31,33H,6-14,19-20H2,1-5H3,(H,29,34). The summed E-state index contributed by atoms with van der Waals surface area (Å²) < 4.78 is 6.52. The van der Waals surface area contributed by atoms with Crippen molar-refractivity contribution < 1.29 is 14.6 Å². The van der Waals surface area contributed by atoms with Crippen LogP contribution in [0.25, 0.3) is 0 Å². The van der Waals surface area contributed by atoms with Crippen LogP contribution in [-0.4, -0.2) is 47.4 Å². The summed E-state index contributed by atoms with van der Waals surface area (Å²) in [6, 6.07) is 8.03. The van der Waals surface area contributed by atoms with E-state index in [2.05, 4.69) is 35.0 Å². The highest BCUT2D eigenvalue weighted by molar-refractivity contribution is 6.00. The number of hydrogen-bond donors (Lipinski definition) is 4. The number of carbonyl (C=O) groups excluding carboxylic acids is 1. The minimum absolute atomic E-state index is 0.0541. The van der Waals surface area contributed by atoms with Gasteiger partial charge in [-0.05, 0) is 57.7 Å². The Morgan fingerprint density at radius 2 is 1.71 bits per heavy atom. The van der Waals surface area contributed by atoms with Gasteiger partial charge in [0, 0.05) is 5.71 Å². The summed E-state index contributed by atoms with van der Waals surface area (Å²) in [5, 5.41) is 19.5. The molecule has 1 aromatic rings. The van der Waals surface area contributed by atoms with Gasteiger partial charge in [-0.3, -0.25) is 15.4 Å². The van der Waals surface area contributed by atoms with Crippen molar-refractivity contribution in [2.45, 2.75) is 123 Å². The Morgan fingerprint density at radius 3 is 2.37 bits per heavy atom. The number of amides is 1. The largest absolute Gasteiger partial charge is 0.463 e. The number of aliphatic imine (C=N–C) groups is 1. The summed E-state index contributed by atoms with van der Waals surface area (Å²) in [6.07, 6.45) is 10.3. The Balaban J connectivity index is 2.04. The first-order chi connectivity index (χ1) is 16.8. The maximum Gasteiger partial charge on any atom is 0.232 e. The SMILES string of the molecule is CCCCCCCCCc1ccc(OC2(C(C)NC(C)NC(O)CC)CNC(=O)CC(C)=N2)cc1. The van der Waals surface area contributed by atoms with E-state index in [0.29, 0.717) is 6.42 Å². The minimum atomic E-state index is -0.997. The number of benzene rings is 1. The summed E-state index contributed by atoms with van der Waals surface area (Å²) in [7, 11) is 0. The molecular formula is C28H48N4O3. The lowest BCUT2D eigenvalue weighted by Gasteiger charge is -2.38. The van der Waals surface area contributed by atoms with E-state index in [-0.39, 0.29) is 31.1 Å². The van der Waals surface area contributed by atoms with Gasteiger partial charge in [0.1, 0.15) is 12.0 Å². The predicted octanol–water partition coefficient (Wildman–Crippen LogP) is 4.68. The van der Waals surface area contributed by atoms with Gasteiger partial charge in [0.05, 0.1) is 25.2 Å². The number of nitrogens with zero attached hydrogens (tertiary/aromatic N) is 1. The predicted molar refractivity (Wildman–Crippen MR) is 144 cm³/mol. The van der Waals surface area contributed by atoms with Crippen molar-refractivity contribution in [3.8, 4) is 5.75 Å². The third kappa shape index (κ3) is 10.3. The second-order valence-electron chi connectivity index (χ2n) is 9.96. The molecule has 1 heterocycles. The number of carbonyl (C=O) groups is 1. The molecule has 4 unspecified atom stereocenters. The molecule has 4 atom stereocenters. The molecule has 7 heteroatoms. The highest BCUT2D eigenvalue weighted by atomic mass is 16.5. The molecular weight excluding hydrogens is 440 g/mol. The molecule has 0 aromatic heterocycles. The summed E-state index contributed by atoms with van der Waals surface area (Å²) in [5.41, 5.74) is 1.05. The van der Waals surface area contributed by atoms with Crippen LogP contribution < -0.4 is 20.7 Å². The van der Waals surface area contributed by atoms with Gasteiger partial charge in [-0.25, -0.2) is 4.99 Å². The van der Waals surface area contributed by atoms with E-state index in [4.69, 9.17) is 9.73 Å². The molecule has 2 rings (SSSR count). The van der Waals surface area contributed by atoms with Gasteiger partial charge in [0.15, 0.2) is 0 Å². The number of aryl methyl sites for hydroxylation is 1. The first kappa shape index (κ1) is 29.3. The van der Waals surface area contributed by atoms with E-state index in [1.807, 2.05) is 39.8 Å². The van der Waals surface area contributed by atoms with E-state index in [1.54, 1.807) is 0 Å². The van der Waals surface area contributed by atoms with Crippen molar-refractivity contribution in [1.29, 1.82) is 0 Å². The molecule has 0 bridgehead atoms. The zero-order valence-corrected chi connectivity index (χ0v) is 22.5. The Bertz CT molecular complexity index is 783. The number of rotatable bonds is 16. The molecule has 198 valence electrons. The maximum atomic E-state index is 12.2. The van der Waals surface area contributed by atoms with Crippen LogP contribution in [0, 0.1) is 0 Å². The highest BCUT2D eigenvalue weighted by Gasteiger charge is 2.41. The van der Waals surface area contributed by atoms with Crippen molar-refractivity contribution in [3.63, 3.8) is 0 Å². The smallest absolute Gasteiger partial charge is 0.232 e. The molecule has 0 saturated heterocycles. The molecule has 1 aliphatic rings. The highest BCUT2D eigenvalue weighted by Crippen LogP contribution is 2.26. The Morgan fingerprint density at radius 1 is 1.06 bits per heavy atom. The van der Waals surface area contributed by atoms with Crippen LogP contribution in [0.2, 0.25) is 0 Å². The first-order valence-corrected chi connectivity index (χ1v) is 13.6. The van der Waals surface area contributed by atoms with Crippen LogP contribution in [0.5, 0.6) is 5.75 Å². The van der Waals surface area contributed by atoms with Gasteiger partial charge in [-0.1, -0.05) is 64.5 Å². The fourth-order valence-corrected chi connectivity index (χ4v) is 4.49. The Kier molecular flexibility index (Phi) is 12.7. The van der Waals surface area contributed by atoms with Crippen LogP contribution in [0.3, 0.4) is 0 Å². The fourth-order valence-electron chi connectivity index (χ4n) is 4.49. The number of aliphatic hydroxyl groups excluding tert-OH is 1. The topological polar surface area (TPSA) is 95.0 Å². The number of unbranched alkanes of at least 4 members (excludes halogenated alkanes) is 6.